The third-order valence-electron chi connectivity index (χ3n) is 2.21. The molecule has 2 aromatic heterocycles. The van der Waals surface area contributed by atoms with E-state index in [0.29, 0.717) is 5.95 Å². The quantitative estimate of drug-likeness (QED) is 0.910. The van der Waals surface area contributed by atoms with Crippen LogP contribution in [0.3, 0.4) is 0 Å². The molecule has 3 nitrogen and oxygen atoms in total. The highest BCUT2D eigenvalue weighted by atomic mass is 35.5. The highest BCUT2D eigenvalue weighted by Crippen LogP contribution is 2.30. The lowest BCUT2D eigenvalue weighted by atomic mass is 10.3. The number of thiophene rings is 1. The van der Waals surface area contributed by atoms with Crippen LogP contribution in [0.2, 0.25) is 4.34 Å². The first-order chi connectivity index (χ1) is 8.19. The molecule has 0 atom stereocenters. The van der Waals surface area contributed by atoms with Gasteiger partial charge in [0, 0.05) is 12.2 Å². The van der Waals surface area contributed by atoms with Crippen LogP contribution in [0.25, 0.3) is 10.6 Å². The molecule has 2 aromatic rings. The second-order valence-electron chi connectivity index (χ2n) is 3.75. The second kappa shape index (κ2) is 5.47. The predicted octanol–water partition coefficient (Wildman–Crippen LogP) is 3.99. The summed E-state index contributed by atoms with van der Waals surface area (Å²) in [6.07, 6.45) is 1.05. The van der Waals surface area contributed by atoms with E-state index in [1.165, 1.54) is 11.3 Å². The Kier molecular flexibility index (Phi) is 3.97. The van der Waals surface area contributed by atoms with E-state index in [2.05, 4.69) is 22.2 Å². The SMILES string of the molecule is CCCNc1nc(C)cc(-c2ccc(Cl)s2)n1. The minimum atomic E-state index is 0.686. The van der Waals surface area contributed by atoms with Crippen molar-refractivity contribution in [1.82, 2.24) is 9.97 Å². The van der Waals surface area contributed by atoms with Gasteiger partial charge in [-0.25, -0.2) is 9.97 Å². The predicted molar refractivity (Wildman–Crippen MR) is 73.9 cm³/mol. The Bertz CT molecular complexity index is 510. The number of anilines is 1. The third-order valence-corrected chi connectivity index (χ3v) is 3.47. The normalized spacial score (nSPS) is 10.5. The Labute approximate surface area is 110 Å². The Morgan fingerprint density at radius 2 is 2.18 bits per heavy atom. The van der Waals surface area contributed by atoms with Crippen molar-refractivity contribution in [3.8, 4) is 10.6 Å². The maximum atomic E-state index is 5.93. The Balaban J connectivity index is 2.31. The number of hydrogen-bond acceptors (Lipinski definition) is 4. The van der Waals surface area contributed by atoms with Crippen LogP contribution < -0.4 is 5.32 Å². The average molecular weight is 268 g/mol. The molecule has 5 heteroatoms. The third kappa shape index (κ3) is 3.17. The van der Waals surface area contributed by atoms with Gasteiger partial charge in [-0.2, -0.15) is 0 Å². The summed E-state index contributed by atoms with van der Waals surface area (Å²) in [5, 5.41) is 3.20. The zero-order valence-corrected chi connectivity index (χ0v) is 11.4. The average Bonchev–Trinajstić information content (AvgIpc) is 2.72. The second-order valence-corrected chi connectivity index (χ2v) is 5.46. The summed E-state index contributed by atoms with van der Waals surface area (Å²) in [5.74, 6) is 0.686. The van der Waals surface area contributed by atoms with E-state index >= 15 is 0 Å². The summed E-state index contributed by atoms with van der Waals surface area (Å²) in [6.45, 7) is 4.97. The van der Waals surface area contributed by atoms with Crippen molar-refractivity contribution in [2.45, 2.75) is 20.3 Å². The van der Waals surface area contributed by atoms with E-state index in [4.69, 9.17) is 11.6 Å². The van der Waals surface area contributed by atoms with Gasteiger partial charge in [-0.3, -0.25) is 0 Å². The van der Waals surface area contributed by atoms with E-state index in [9.17, 15) is 0 Å². The molecule has 1 N–H and O–H groups in total. The van der Waals surface area contributed by atoms with Gasteiger partial charge in [-0.15, -0.1) is 11.3 Å². The first kappa shape index (κ1) is 12.3. The van der Waals surface area contributed by atoms with E-state index in [1.54, 1.807) is 0 Å². The van der Waals surface area contributed by atoms with Crippen molar-refractivity contribution >= 4 is 28.9 Å². The van der Waals surface area contributed by atoms with Crippen molar-refractivity contribution in [2.75, 3.05) is 11.9 Å². The largest absolute Gasteiger partial charge is 0.354 e. The van der Waals surface area contributed by atoms with Gasteiger partial charge in [0.1, 0.15) is 0 Å². The van der Waals surface area contributed by atoms with Crippen LogP contribution in [0.4, 0.5) is 5.95 Å². The molecule has 2 rings (SSSR count). The highest BCUT2D eigenvalue weighted by Gasteiger charge is 2.06. The van der Waals surface area contributed by atoms with Gasteiger partial charge in [0.2, 0.25) is 5.95 Å². The Morgan fingerprint density at radius 3 is 2.82 bits per heavy atom. The van der Waals surface area contributed by atoms with Gasteiger partial charge in [0.25, 0.3) is 0 Å². The standard InChI is InChI=1S/C12H14ClN3S/c1-3-6-14-12-15-8(2)7-9(16-12)10-4-5-11(13)17-10/h4-5,7H,3,6H2,1-2H3,(H,14,15,16). The van der Waals surface area contributed by atoms with Crippen molar-refractivity contribution in [3.05, 3.63) is 28.2 Å². The maximum Gasteiger partial charge on any atom is 0.223 e. The molecule has 0 unspecified atom stereocenters. The van der Waals surface area contributed by atoms with Crippen LogP contribution in [-0.2, 0) is 0 Å². The fraction of sp³-hybridized carbons (Fsp3) is 0.333. The summed E-state index contributed by atoms with van der Waals surface area (Å²) in [7, 11) is 0. The molecule has 0 bridgehead atoms. The zero-order valence-electron chi connectivity index (χ0n) is 9.83. The van der Waals surface area contributed by atoms with Crippen molar-refractivity contribution in [2.24, 2.45) is 0 Å². The smallest absolute Gasteiger partial charge is 0.223 e. The molecule has 0 aliphatic rings. The fourth-order valence-electron chi connectivity index (χ4n) is 1.46. The van der Waals surface area contributed by atoms with E-state index in [-0.39, 0.29) is 0 Å². The molecule has 0 saturated carbocycles. The lowest BCUT2D eigenvalue weighted by molar-refractivity contribution is 0.947. The topological polar surface area (TPSA) is 37.8 Å². The van der Waals surface area contributed by atoms with Crippen molar-refractivity contribution in [3.63, 3.8) is 0 Å². The molecule has 0 aliphatic carbocycles. The van der Waals surface area contributed by atoms with Gasteiger partial charge in [-0.05, 0) is 31.5 Å². The molecule has 0 radical (unpaired) electrons. The molecule has 17 heavy (non-hydrogen) atoms. The first-order valence-electron chi connectivity index (χ1n) is 5.54. The molecule has 0 fully saturated rings. The molecular formula is C12H14ClN3S. The number of nitrogens with zero attached hydrogens (tertiary/aromatic N) is 2. The number of rotatable bonds is 4. The molecule has 90 valence electrons. The molecule has 2 heterocycles. The first-order valence-corrected chi connectivity index (χ1v) is 6.73. The fourth-order valence-corrected chi connectivity index (χ4v) is 2.47. The van der Waals surface area contributed by atoms with Gasteiger partial charge in [0.15, 0.2) is 0 Å². The summed E-state index contributed by atoms with van der Waals surface area (Å²) in [4.78, 5) is 9.91. The van der Waals surface area contributed by atoms with Crippen LogP contribution in [0.1, 0.15) is 19.0 Å². The van der Waals surface area contributed by atoms with Crippen LogP contribution in [0, 0.1) is 6.92 Å². The van der Waals surface area contributed by atoms with Gasteiger partial charge in [-0.1, -0.05) is 18.5 Å². The summed E-state index contributed by atoms with van der Waals surface area (Å²) in [6, 6.07) is 5.84. The van der Waals surface area contributed by atoms with E-state index < -0.39 is 0 Å². The zero-order chi connectivity index (χ0) is 12.3. The molecule has 0 spiro atoms. The molecular weight excluding hydrogens is 254 g/mol. The lowest BCUT2D eigenvalue weighted by Crippen LogP contribution is -2.05. The Morgan fingerprint density at radius 1 is 1.35 bits per heavy atom. The number of halogens is 1. The minimum absolute atomic E-state index is 0.686. The number of hydrogen-bond donors (Lipinski definition) is 1. The monoisotopic (exact) mass is 267 g/mol. The van der Waals surface area contributed by atoms with Crippen molar-refractivity contribution < 1.29 is 0 Å². The molecule has 0 aliphatic heterocycles. The van der Waals surface area contributed by atoms with E-state index in [1.807, 2.05) is 25.1 Å². The number of nitrogens with one attached hydrogen (secondary N) is 1. The summed E-state index contributed by atoms with van der Waals surface area (Å²) in [5.41, 5.74) is 1.88. The molecule has 0 aromatic carbocycles. The number of aryl methyl sites for hydroxylation is 1. The molecule has 0 amide bonds. The molecule has 0 saturated heterocycles. The summed E-state index contributed by atoms with van der Waals surface area (Å²) >= 11 is 7.46. The number of aromatic nitrogens is 2. The minimum Gasteiger partial charge on any atom is -0.354 e. The van der Waals surface area contributed by atoms with Crippen LogP contribution in [0.15, 0.2) is 18.2 Å². The highest BCUT2D eigenvalue weighted by molar-refractivity contribution is 7.19. The Hall–Kier alpha value is -1.13. The maximum absolute atomic E-state index is 5.93. The van der Waals surface area contributed by atoms with Gasteiger partial charge >= 0.3 is 0 Å². The van der Waals surface area contributed by atoms with Crippen LogP contribution in [0.5, 0.6) is 0 Å². The van der Waals surface area contributed by atoms with Gasteiger partial charge in [0.05, 0.1) is 14.9 Å². The van der Waals surface area contributed by atoms with E-state index in [0.717, 1.165) is 33.6 Å². The van der Waals surface area contributed by atoms with Crippen molar-refractivity contribution in [1.29, 1.82) is 0 Å². The van der Waals surface area contributed by atoms with Crippen LogP contribution in [-0.4, -0.2) is 16.5 Å². The van der Waals surface area contributed by atoms with Crippen LogP contribution >= 0.6 is 22.9 Å². The van der Waals surface area contributed by atoms with Gasteiger partial charge < -0.3 is 5.32 Å². The lowest BCUT2D eigenvalue weighted by Gasteiger charge is -2.06. The summed E-state index contributed by atoms with van der Waals surface area (Å²) < 4.78 is 0.777.